The second kappa shape index (κ2) is 11.6. The molecular weight excluding hydrogens is 470 g/mol. The van der Waals surface area contributed by atoms with Gasteiger partial charge in [0.25, 0.3) is 11.8 Å². The number of hydrazone groups is 1. The standard InChI is InChI=1S/C29H25N3O5/c1-19-10-13-22(14-11-19)29(35)37-25-15-12-20(16-26(25)36-2)17-31-32-27(33)18-30-28(34)24-9-5-7-21-6-3-4-8-23(21)24/h3-17H,18H2,1-2H3,(H,30,34)(H,32,33)/b31-17+. The van der Waals surface area contributed by atoms with Crippen molar-refractivity contribution in [3.05, 3.63) is 107 Å². The number of aryl methyl sites for hydroxylation is 1. The Morgan fingerprint density at radius 2 is 1.65 bits per heavy atom. The summed E-state index contributed by atoms with van der Waals surface area (Å²) in [6.07, 6.45) is 1.42. The Hall–Kier alpha value is -4.98. The average Bonchev–Trinajstić information content (AvgIpc) is 2.92. The molecule has 0 aliphatic rings. The van der Waals surface area contributed by atoms with Crippen LogP contribution >= 0.6 is 0 Å². The van der Waals surface area contributed by atoms with Crippen molar-refractivity contribution in [2.75, 3.05) is 13.7 Å². The number of amides is 2. The number of ether oxygens (including phenoxy) is 2. The SMILES string of the molecule is COc1cc(/C=N/NC(=O)CNC(=O)c2cccc3ccccc23)ccc1OC(=O)c1ccc(C)cc1. The normalized spacial score (nSPS) is 10.8. The van der Waals surface area contributed by atoms with E-state index in [1.807, 2.05) is 49.4 Å². The second-order valence-corrected chi connectivity index (χ2v) is 8.17. The third-order valence-electron chi connectivity index (χ3n) is 5.52. The number of nitrogens with zero attached hydrogens (tertiary/aromatic N) is 1. The fraction of sp³-hybridized carbons (Fsp3) is 0.103. The molecule has 0 bridgehead atoms. The summed E-state index contributed by atoms with van der Waals surface area (Å²) in [7, 11) is 1.46. The molecule has 0 heterocycles. The molecule has 0 unspecified atom stereocenters. The number of fused-ring (bicyclic) bond motifs is 1. The van der Waals surface area contributed by atoms with Crippen LogP contribution in [0.15, 0.2) is 90.0 Å². The van der Waals surface area contributed by atoms with Crippen LogP contribution in [-0.4, -0.2) is 37.7 Å². The maximum absolute atomic E-state index is 12.6. The number of rotatable bonds is 8. The van der Waals surface area contributed by atoms with E-state index < -0.39 is 11.9 Å². The topological polar surface area (TPSA) is 106 Å². The van der Waals surface area contributed by atoms with E-state index in [0.29, 0.717) is 22.4 Å². The predicted molar refractivity (Wildman–Crippen MR) is 141 cm³/mol. The van der Waals surface area contributed by atoms with Gasteiger partial charge in [0.15, 0.2) is 11.5 Å². The van der Waals surface area contributed by atoms with Crippen molar-refractivity contribution >= 4 is 34.8 Å². The number of methoxy groups -OCH3 is 1. The predicted octanol–water partition coefficient (Wildman–Crippen LogP) is 4.26. The van der Waals surface area contributed by atoms with Crippen LogP contribution in [-0.2, 0) is 4.79 Å². The lowest BCUT2D eigenvalue weighted by molar-refractivity contribution is -0.120. The largest absolute Gasteiger partial charge is 0.493 e. The van der Waals surface area contributed by atoms with E-state index in [2.05, 4.69) is 15.8 Å². The maximum atomic E-state index is 12.6. The zero-order chi connectivity index (χ0) is 26.2. The first-order valence-electron chi connectivity index (χ1n) is 11.5. The second-order valence-electron chi connectivity index (χ2n) is 8.17. The summed E-state index contributed by atoms with van der Waals surface area (Å²) in [6, 6.07) is 24.9. The van der Waals surface area contributed by atoms with Crippen molar-refractivity contribution in [1.29, 1.82) is 0 Å². The van der Waals surface area contributed by atoms with Crippen molar-refractivity contribution in [2.45, 2.75) is 6.92 Å². The van der Waals surface area contributed by atoms with Crippen LogP contribution in [0.1, 0.15) is 31.8 Å². The van der Waals surface area contributed by atoms with Crippen molar-refractivity contribution in [3.63, 3.8) is 0 Å². The highest BCUT2D eigenvalue weighted by Crippen LogP contribution is 2.28. The zero-order valence-electron chi connectivity index (χ0n) is 20.4. The van der Waals surface area contributed by atoms with E-state index in [1.165, 1.54) is 13.3 Å². The lowest BCUT2D eigenvalue weighted by Gasteiger charge is -2.10. The maximum Gasteiger partial charge on any atom is 0.343 e. The third-order valence-corrected chi connectivity index (χ3v) is 5.52. The van der Waals surface area contributed by atoms with Crippen LogP contribution < -0.4 is 20.2 Å². The minimum Gasteiger partial charge on any atom is -0.493 e. The molecule has 186 valence electrons. The first kappa shape index (κ1) is 25.1. The molecule has 0 aliphatic heterocycles. The number of carbonyl (C=O) groups excluding carboxylic acids is 3. The molecule has 0 radical (unpaired) electrons. The number of hydrogen-bond acceptors (Lipinski definition) is 6. The molecule has 2 amide bonds. The number of carbonyl (C=O) groups is 3. The van der Waals surface area contributed by atoms with Gasteiger partial charge in [-0.1, -0.05) is 54.1 Å². The van der Waals surface area contributed by atoms with Gasteiger partial charge in [-0.3, -0.25) is 9.59 Å². The van der Waals surface area contributed by atoms with Gasteiger partial charge in [-0.25, -0.2) is 10.2 Å². The summed E-state index contributed by atoms with van der Waals surface area (Å²) in [5, 5.41) is 8.28. The van der Waals surface area contributed by atoms with E-state index >= 15 is 0 Å². The number of benzene rings is 4. The Labute approximate surface area is 213 Å². The molecule has 8 heteroatoms. The lowest BCUT2D eigenvalue weighted by Crippen LogP contribution is -2.35. The van der Waals surface area contributed by atoms with Gasteiger partial charge in [-0.15, -0.1) is 0 Å². The fourth-order valence-corrected chi connectivity index (χ4v) is 3.59. The molecule has 2 N–H and O–H groups in total. The van der Waals surface area contributed by atoms with E-state index in [0.717, 1.165) is 16.3 Å². The summed E-state index contributed by atoms with van der Waals surface area (Å²) in [4.78, 5) is 37.1. The molecule has 4 rings (SSSR count). The highest BCUT2D eigenvalue weighted by Gasteiger charge is 2.13. The molecule has 0 saturated heterocycles. The molecule has 0 aliphatic carbocycles. The summed E-state index contributed by atoms with van der Waals surface area (Å²) in [5.41, 5.74) is 4.93. The third kappa shape index (κ3) is 6.37. The first-order chi connectivity index (χ1) is 17.9. The van der Waals surface area contributed by atoms with Crippen LogP contribution in [0.25, 0.3) is 10.8 Å². The van der Waals surface area contributed by atoms with E-state index in [1.54, 1.807) is 42.5 Å². The summed E-state index contributed by atoms with van der Waals surface area (Å²) in [6.45, 7) is 1.69. The van der Waals surface area contributed by atoms with Crippen molar-refractivity contribution in [2.24, 2.45) is 5.10 Å². The molecule has 0 spiro atoms. The van der Waals surface area contributed by atoms with Crippen LogP contribution in [0.4, 0.5) is 0 Å². The van der Waals surface area contributed by atoms with Crippen LogP contribution in [0.5, 0.6) is 11.5 Å². The van der Waals surface area contributed by atoms with Crippen molar-refractivity contribution in [1.82, 2.24) is 10.7 Å². The Kier molecular flexibility index (Phi) is 7.90. The van der Waals surface area contributed by atoms with Gasteiger partial charge in [-0.05, 0) is 59.7 Å². The zero-order valence-corrected chi connectivity index (χ0v) is 20.4. The van der Waals surface area contributed by atoms with E-state index in [4.69, 9.17) is 9.47 Å². The molecule has 0 fully saturated rings. The van der Waals surface area contributed by atoms with Crippen LogP contribution in [0.2, 0.25) is 0 Å². The van der Waals surface area contributed by atoms with Gasteiger partial charge >= 0.3 is 5.97 Å². The smallest absolute Gasteiger partial charge is 0.343 e. The Bertz CT molecular complexity index is 1470. The average molecular weight is 496 g/mol. The van der Waals surface area contributed by atoms with Crippen molar-refractivity contribution in [3.8, 4) is 11.5 Å². The molecule has 8 nitrogen and oxygen atoms in total. The quantitative estimate of drug-likeness (QED) is 0.164. The molecule has 37 heavy (non-hydrogen) atoms. The molecule has 0 saturated carbocycles. The van der Waals surface area contributed by atoms with Gasteiger partial charge in [0.2, 0.25) is 0 Å². The highest BCUT2D eigenvalue weighted by molar-refractivity contribution is 6.07. The lowest BCUT2D eigenvalue weighted by atomic mass is 10.0. The number of hydrogen-bond donors (Lipinski definition) is 2. The van der Waals surface area contributed by atoms with Gasteiger partial charge in [0.1, 0.15) is 0 Å². The summed E-state index contributed by atoms with van der Waals surface area (Å²) < 4.78 is 10.8. The van der Waals surface area contributed by atoms with Crippen LogP contribution in [0.3, 0.4) is 0 Å². The molecule has 4 aromatic rings. The highest BCUT2D eigenvalue weighted by atomic mass is 16.6. The van der Waals surface area contributed by atoms with Gasteiger partial charge in [0, 0.05) is 5.56 Å². The number of nitrogens with one attached hydrogen (secondary N) is 2. The van der Waals surface area contributed by atoms with Gasteiger partial charge in [0.05, 0.1) is 25.4 Å². The van der Waals surface area contributed by atoms with Crippen LogP contribution in [0, 0.1) is 6.92 Å². The Morgan fingerprint density at radius 3 is 2.43 bits per heavy atom. The Balaban J connectivity index is 1.32. The number of esters is 1. The Morgan fingerprint density at radius 1 is 0.892 bits per heavy atom. The minimum absolute atomic E-state index is 0.239. The summed E-state index contributed by atoms with van der Waals surface area (Å²) >= 11 is 0. The fourth-order valence-electron chi connectivity index (χ4n) is 3.59. The van der Waals surface area contributed by atoms with E-state index in [9.17, 15) is 14.4 Å². The molecule has 0 atom stereocenters. The van der Waals surface area contributed by atoms with Gasteiger partial charge in [-0.2, -0.15) is 5.10 Å². The minimum atomic E-state index is -0.502. The first-order valence-corrected chi connectivity index (χ1v) is 11.5. The van der Waals surface area contributed by atoms with Gasteiger partial charge < -0.3 is 14.8 Å². The molecule has 4 aromatic carbocycles. The van der Waals surface area contributed by atoms with Crippen molar-refractivity contribution < 1.29 is 23.9 Å². The molecular formula is C29H25N3O5. The van der Waals surface area contributed by atoms with E-state index in [-0.39, 0.29) is 18.2 Å². The monoisotopic (exact) mass is 495 g/mol. The summed E-state index contributed by atoms with van der Waals surface area (Å²) in [5.74, 6) is -0.752. The molecule has 0 aromatic heterocycles.